The normalized spacial score (nSPS) is 38.6. The van der Waals surface area contributed by atoms with E-state index in [1.54, 1.807) is 0 Å². The van der Waals surface area contributed by atoms with Crippen molar-refractivity contribution in [3.63, 3.8) is 0 Å². The average molecular weight is 275 g/mol. The number of aryl methyl sites for hydroxylation is 1. The molecule has 4 fully saturated rings. The molecule has 5 rings (SSSR count). The summed E-state index contributed by atoms with van der Waals surface area (Å²) in [5, 5.41) is 0. The minimum atomic E-state index is 0.487. The summed E-state index contributed by atoms with van der Waals surface area (Å²) in [6.45, 7) is 1.15. The van der Waals surface area contributed by atoms with E-state index in [0.717, 1.165) is 35.2 Å². The molecule has 0 unspecified atom stereocenters. The van der Waals surface area contributed by atoms with E-state index in [1.165, 1.54) is 32.1 Å². The molecule has 110 valence electrons. The number of hydrogen-bond donors (Lipinski definition) is 1. The molecule has 0 saturated heterocycles. The molecule has 2 N–H and O–H groups in total. The smallest absolute Gasteiger partial charge is 0.134 e. The van der Waals surface area contributed by atoms with Gasteiger partial charge in [-0.15, -0.1) is 0 Å². The second-order valence-corrected chi connectivity index (χ2v) is 7.17. The predicted molar refractivity (Wildman–Crippen MR) is 76.7 cm³/mol. The van der Waals surface area contributed by atoms with Crippen molar-refractivity contribution in [3.05, 3.63) is 17.7 Å². The van der Waals surface area contributed by atoms with E-state index in [4.69, 9.17) is 10.5 Å². The van der Waals surface area contributed by atoms with Crippen LogP contribution in [0.4, 0.5) is 0 Å². The molecule has 1 aromatic rings. The van der Waals surface area contributed by atoms with Gasteiger partial charge < -0.3 is 15.0 Å². The molecule has 0 atom stereocenters. The molecule has 4 nitrogen and oxygen atoms in total. The van der Waals surface area contributed by atoms with E-state index in [9.17, 15) is 0 Å². The van der Waals surface area contributed by atoms with Gasteiger partial charge in [-0.3, -0.25) is 0 Å². The fourth-order valence-corrected chi connectivity index (χ4v) is 5.12. The SMILES string of the molecule is Cn1cc(CN)nc1COC1C2CC3CC(C2)CC1C3. The number of ether oxygens (including phenoxy) is 1. The Hall–Kier alpha value is -0.870. The lowest BCUT2D eigenvalue weighted by molar-refractivity contribution is -0.133. The van der Waals surface area contributed by atoms with Gasteiger partial charge in [0.2, 0.25) is 0 Å². The van der Waals surface area contributed by atoms with Gasteiger partial charge in [0.05, 0.1) is 11.8 Å². The van der Waals surface area contributed by atoms with Crippen LogP contribution in [-0.2, 0) is 24.9 Å². The molecule has 4 saturated carbocycles. The largest absolute Gasteiger partial charge is 0.370 e. The van der Waals surface area contributed by atoms with Crippen LogP contribution < -0.4 is 5.73 Å². The van der Waals surface area contributed by atoms with Gasteiger partial charge in [-0.1, -0.05) is 0 Å². The van der Waals surface area contributed by atoms with Crippen molar-refractivity contribution in [1.29, 1.82) is 0 Å². The van der Waals surface area contributed by atoms with E-state index < -0.39 is 0 Å². The molecular formula is C16H25N3O. The molecule has 4 bridgehead atoms. The minimum absolute atomic E-state index is 0.487. The molecule has 1 heterocycles. The van der Waals surface area contributed by atoms with Gasteiger partial charge in [-0.2, -0.15) is 0 Å². The molecule has 0 spiro atoms. The maximum atomic E-state index is 6.32. The Bertz CT molecular complexity index is 468. The first kappa shape index (κ1) is 12.8. The Labute approximate surface area is 120 Å². The minimum Gasteiger partial charge on any atom is -0.370 e. The van der Waals surface area contributed by atoms with Gasteiger partial charge in [-0.25, -0.2) is 4.98 Å². The summed E-state index contributed by atoms with van der Waals surface area (Å²) in [7, 11) is 2.03. The second-order valence-electron chi connectivity index (χ2n) is 7.17. The van der Waals surface area contributed by atoms with Crippen LogP contribution in [0, 0.1) is 23.7 Å². The summed E-state index contributed by atoms with van der Waals surface area (Å²) in [5.74, 6) is 4.67. The highest BCUT2D eigenvalue weighted by Gasteiger charge is 2.48. The molecule has 0 aromatic carbocycles. The first-order valence-electron chi connectivity index (χ1n) is 8.05. The van der Waals surface area contributed by atoms with Crippen molar-refractivity contribution < 1.29 is 4.74 Å². The quantitative estimate of drug-likeness (QED) is 0.916. The van der Waals surface area contributed by atoms with Gasteiger partial charge in [0.25, 0.3) is 0 Å². The molecule has 20 heavy (non-hydrogen) atoms. The zero-order chi connectivity index (χ0) is 13.7. The van der Waals surface area contributed by atoms with Crippen LogP contribution in [0.25, 0.3) is 0 Å². The van der Waals surface area contributed by atoms with E-state index in [2.05, 4.69) is 9.55 Å². The lowest BCUT2D eigenvalue weighted by atomic mass is 9.55. The Balaban J connectivity index is 1.43. The van der Waals surface area contributed by atoms with Gasteiger partial charge in [0, 0.05) is 19.8 Å². The van der Waals surface area contributed by atoms with E-state index in [-0.39, 0.29) is 0 Å². The molecule has 1 aromatic heterocycles. The number of rotatable bonds is 4. The Kier molecular flexibility index (Phi) is 3.11. The topological polar surface area (TPSA) is 53.1 Å². The van der Waals surface area contributed by atoms with Crippen molar-refractivity contribution >= 4 is 0 Å². The average Bonchev–Trinajstić information content (AvgIpc) is 2.78. The van der Waals surface area contributed by atoms with Crippen molar-refractivity contribution in [2.75, 3.05) is 0 Å². The van der Waals surface area contributed by atoms with Crippen LogP contribution in [0.2, 0.25) is 0 Å². The third-order valence-electron chi connectivity index (χ3n) is 5.78. The maximum Gasteiger partial charge on any atom is 0.134 e. The molecule has 0 aliphatic heterocycles. The van der Waals surface area contributed by atoms with Gasteiger partial charge in [-0.05, 0) is 55.8 Å². The molecule has 4 heteroatoms. The van der Waals surface area contributed by atoms with Crippen molar-refractivity contribution in [3.8, 4) is 0 Å². The standard InChI is InChI=1S/C16H25N3O/c1-19-8-14(7-17)18-15(19)9-20-16-12-3-10-2-11(5-12)6-13(16)4-10/h8,10-13,16H,2-7,9,17H2,1H3. The fraction of sp³-hybridized carbons (Fsp3) is 0.812. The summed E-state index contributed by atoms with van der Waals surface area (Å²) < 4.78 is 8.37. The summed E-state index contributed by atoms with van der Waals surface area (Å²) in [5.41, 5.74) is 6.60. The zero-order valence-corrected chi connectivity index (χ0v) is 12.3. The lowest BCUT2D eigenvalue weighted by Gasteiger charge is -2.53. The van der Waals surface area contributed by atoms with E-state index in [0.29, 0.717) is 19.3 Å². The van der Waals surface area contributed by atoms with Gasteiger partial charge >= 0.3 is 0 Å². The van der Waals surface area contributed by atoms with Crippen LogP contribution in [-0.4, -0.2) is 15.7 Å². The van der Waals surface area contributed by atoms with Crippen LogP contribution in [0.15, 0.2) is 6.20 Å². The van der Waals surface area contributed by atoms with Crippen molar-refractivity contribution in [2.24, 2.45) is 36.5 Å². The van der Waals surface area contributed by atoms with Gasteiger partial charge in [0.15, 0.2) is 0 Å². The van der Waals surface area contributed by atoms with Crippen molar-refractivity contribution in [1.82, 2.24) is 9.55 Å². The monoisotopic (exact) mass is 275 g/mol. The third-order valence-corrected chi connectivity index (χ3v) is 5.78. The highest BCUT2D eigenvalue weighted by Crippen LogP contribution is 2.54. The van der Waals surface area contributed by atoms with E-state index >= 15 is 0 Å². The summed E-state index contributed by atoms with van der Waals surface area (Å²) in [4.78, 5) is 4.54. The molecule has 4 aliphatic carbocycles. The summed E-state index contributed by atoms with van der Waals surface area (Å²) >= 11 is 0. The Morgan fingerprint density at radius 1 is 1.20 bits per heavy atom. The number of aromatic nitrogens is 2. The summed E-state index contributed by atoms with van der Waals surface area (Å²) in [6, 6.07) is 0. The van der Waals surface area contributed by atoms with Crippen LogP contribution in [0.3, 0.4) is 0 Å². The molecule has 0 radical (unpaired) electrons. The fourth-order valence-electron chi connectivity index (χ4n) is 5.12. The van der Waals surface area contributed by atoms with Crippen LogP contribution >= 0.6 is 0 Å². The number of hydrogen-bond acceptors (Lipinski definition) is 3. The second kappa shape index (κ2) is 4.85. The van der Waals surface area contributed by atoms with Crippen molar-refractivity contribution in [2.45, 2.75) is 51.4 Å². The molecular weight excluding hydrogens is 250 g/mol. The maximum absolute atomic E-state index is 6.32. The first-order chi connectivity index (χ1) is 9.72. The summed E-state index contributed by atoms with van der Waals surface area (Å²) in [6.07, 6.45) is 9.63. The number of imidazole rings is 1. The van der Waals surface area contributed by atoms with E-state index in [1.807, 2.05) is 13.2 Å². The molecule has 0 amide bonds. The highest BCUT2D eigenvalue weighted by atomic mass is 16.5. The lowest BCUT2D eigenvalue weighted by Crippen LogP contribution is -2.49. The third kappa shape index (κ3) is 2.09. The molecule has 4 aliphatic rings. The Morgan fingerprint density at radius 3 is 2.40 bits per heavy atom. The Morgan fingerprint density at radius 2 is 1.85 bits per heavy atom. The zero-order valence-electron chi connectivity index (χ0n) is 12.3. The van der Waals surface area contributed by atoms with Crippen LogP contribution in [0.5, 0.6) is 0 Å². The van der Waals surface area contributed by atoms with Crippen LogP contribution in [0.1, 0.15) is 43.6 Å². The number of nitrogens with two attached hydrogens (primary N) is 1. The number of nitrogens with zero attached hydrogens (tertiary/aromatic N) is 2. The van der Waals surface area contributed by atoms with Gasteiger partial charge in [0.1, 0.15) is 12.4 Å². The highest BCUT2D eigenvalue weighted by molar-refractivity contribution is 5.03. The first-order valence-corrected chi connectivity index (χ1v) is 8.05. The predicted octanol–water partition coefficient (Wildman–Crippen LogP) is 2.22.